The lowest BCUT2D eigenvalue weighted by Gasteiger charge is -2.31. The predicted molar refractivity (Wildman–Crippen MR) is 111 cm³/mol. The Morgan fingerprint density at radius 2 is 1.86 bits per heavy atom. The zero-order valence-corrected chi connectivity index (χ0v) is 17.2. The Morgan fingerprint density at radius 1 is 1.14 bits per heavy atom. The molecule has 1 amide bonds. The second-order valence-electron chi connectivity index (χ2n) is 7.32. The molecule has 156 valence electrons. The summed E-state index contributed by atoms with van der Waals surface area (Å²) in [5, 5.41) is 7.22. The summed E-state index contributed by atoms with van der Waals surface area (Å²) >= 11 is 0. The Kier molecular flexibility index (Phi) is 6.74. The highest BCUT2D eigenvalue weighted by molar-refractivity contribution is 5.75. The largest absolute Gasteiger partial charge is 0.493 e. The molecule has 3 rings (SSSR count). The molecule has 1 aromatic carbocycles. The Labute approximate surface area is 170 Å². The minimum absolute atomic E-state index is 0.121. The van der Waals surface area contributed by atoms with Gasteiger partial charge in [-0.25, -0.2) is 4.68 Å². The van der Waals surface area contributed by atoms with Crippen molar-refractivity contribution in [3.05, 3.63) is 46.2 Å². The number of anilines is 1. The first-order valence-electron chi connectivity index (χ1n) is 9.81. The Balaban J connectivity index is 1.62. The highest BCUT2D eigenvalue weighted by Gasteiger charge is 2.18. The monoisotopic (exact) mass is 400 g/mol. The van der Waals surface area contributed by atoms with Gasteiger partial charge in [-0.05, 0) is 42.5 Å². The quantitative estimate of drug-likeness (QED) is 0.763. The van der Waals surface area contributed by atoms with Crippen LogP contribution in [0.4, 0.5) is 5.82 Å². The molecule has 29 heavy (non-hydrogen) atoms. The van der Waals surface area contributed by atoms with Crippen molar-refractivity contribution in [1.29, 1.82) is 0 Å². The van der Waals surface area contributed by atoms with Crippen LogP contribution in [-0.4, -0.2) is 43.0 Å². The second-order valence-corrected chi connectivity index (χ2v) is 7.32. The van der Waals surface area contributed by atoms with Crippen molar-refractivity contribution in [2.24, 2.45) is 5.92 Å². The maximum absolute atomic E-state index is 12.4. The molecular weight excluding hydrogens is 372 g/mol. The molecule has 1 aliphatic heterocycles. The number of nitrogens with one attached hydrogen (secondary N) is 1. The van der Waals surface area contributed by atoms with Crippen molar-refractivity contribution in [3.8, 4) is 11.5 Å². The number of carbonyl (C=O) groups excluding carboxylic acids is 1. The van der Waals surface area contributed by atoms with E-state index in [0.29, 0.717) is 24.0 Å². The molecule has 0 saturated carbocycles. The maximum atomic E-state index is 12.4. The summed E-state index contributed by atoms with van der Waals surface area (Å²) in [6.07, 6.45) is 2.21. The van der Waals surface area contributed by atoms with Crippen LogP contribution in [0, 0.1) is 5.92 Å². The Morgan fingerprint density at radius 3 is 2.55 bits per heavy atom. The smallest absolute Gasteiger partial charge is 0.267 e. The molecule has 8 nitrogen and oxygen atoms in total. The fraction of sp³-hybridized carbons (Fsp3) is 0.476. The van der Waals surface area contributed by atoms with Gasteiger partial charge in [0.1, 0.15) is 12.4 Å². The molecule has 2 aromatic rings. The van der Waals surface area contributed by atoms with E-state index < -0.39 is 0 Å². The molecule has 8 heteroatoms. The average molecular weight is 400 g/mol. The van der Waals surface area contributed by atoms with Crippen LogP contribution in [-0.2, 0) is 17.9 Å². The first-order chi connectivity index (χ1) is 14.0. The number of methoxy groups -OCH3 is 2. The van der Waals surface area contributed by atoms with Crippen LogP contribution >= 0.6 is 0 Å². The number of amides is 1. The number of hydrogen-bond acceptors (Lipinski definition) is 6. The van der Waals surface area contributed by atoms with Gasteiger partial charge in [0.25, 0.3) is 5.56 Å². The van der Waals surface area contributed by atoms with Crippen LogP contribution in [0.15, 0.2) is 35.1 Å². The zero-order chi connectivity index (χ0) is 20.8. The van der Waals surface area contributed by atoms with Crippen LogP contribution < -0.4 is 25.2 Å². The second kappa shape index (κ2) is 9.45. The molecule has 0 unspecified atom stereocenters. The summed E-state index contributed by atoms with van der Waals surface area (Å²) in [6, 6.07) is 8.65. The van der Waals surface area contributed by atoms with Gasteiger partial charge in [0, 0.05) is 25.7 Å². The van der Waals surface area contributed by atoms with Gasteiger partial charge in [-0.15, -0.1) is 0 Å². The molecule has 1 fully saturated rings. The number of hydrogen-bond donors (Lipinski definition) is 1. The van der Waals surface area contributed by atoms with Crippen molar-refractivity contribution in [1.82, 2.24) is 15.1 Å². The van der Waals surface area contributed by atoms with Gasteiger partial charge in [0.05, 0.1) is 14.2 Å². The molecular formula is C21H28N4O4. The standard InChI is InChI=1S/C21H28N4O4/c1-15-8-10-24(11-9-15)19-6-7-21(27)25(23-19)14-20(26)22-13-16-4-5-17(28-2)18(12-16)29-3/h4-7,12,15H,8-11,13-14H2,1-3H3,(H,22,26). The van der Waals surface area contributed by atoms with E-state index in [2.05, 4.69) is 22.2 Å². The van der Waals surface area contributed by atoms with Crippen molar-refractivity contribution in [3.63, 3.8) is 0 Å². The van der Waals surface area contributed by atoms with E-state index in [4.69, 9.17) is 9.47 Å². The SMILES string of the molecule is COc1ccc(CNC(=O)Cn2nc(N3CCC(C)CC3)ccc2=O)cc1OC. The average Bonchev–Trinajstić information content (AvgIpc) is 2.74. The molecule has 1 aromatic heterocycles. The molecule has 1 aliphatic rings. The highest BCUT2D eigenvalue weighted by Crippen LogP contribution is 2.27. The number of ether oxygens (including phenoxy) is 2. The Bertz CT molecular complexity index is 904. The number of piperidine rings is 1. The third-order valence-electron chi connectivity index (χ3n) is 5.19. The molecule has 1 saturated heterocycles. The van der Waals surface area contributed by atoms with Crippen molar-refractivity contribution in [2.75, 3.05) is 32.2 Å². The van der Waals surface area contributed by atoms with E-state index >= 15 is 0 Å². The summed E-state index contributed by atoms with van der Waals surface area (Å²) < 4.78 is 11.7. The van der Waals surface area contributed by atoms with Gasteiger partial charge < -0.3 is 19.7 Å². The summed E-state index contributed by atoms with van der Waals surface area (Å²) in [5.74, 6) is 2.39. The van der Waals surface area contributed by atoms with Gasteiger partial charge >= 0.3 is 0 Å². The van der Waals surface area contributed by atoms with Gasteiger partial charge in [0.15, 0.2) is 11.5 Å². The number of carbonyl (C=O) groups is 1. The summed E-state index contributed by atoms with van der Waals surface area (Å²) in [5.41, 5.74) is 0.577. The number of rotatable bonds is 7. The summed E-state index contributed by atoms with van der Waals surface area (Å²) in [4.78, 5) is 26.7. The lowest BCUT2D eigenvalue weighted by Crippen LogP contribution is -2.37. The van der Waals surface area contributed by atoms with Crippen molar-refractivity contribution < 1.29 is 14.3 Å². The summed E-state index contributed by atoms with van der Waals surface area (Å²) in [7, 11) is 3.14. The Hall–Kier alpha value is -3.03. The normalized spacial score (nSPS) is 14.5. The van der Waals surface area contributed by atoms with E-state index in [1.54, 1.807) is 26.4 Å². The molecule has 0 spiro atoms. The first-order valence-corrected chi connectivity index (χ1v) is 9.81. The molecule has 0 bridgehead atoms. The highest BCUT2D eigenvalue weighted by atomic mass is 16.5. The van der Waals surface area contributed by atoms with E-state index in [1.165, 1.54) is 10.7 Å². The van der Waals surface area contributed by atoms with Crippen LogP contribution in [0.25, 0.3) is 0 Å². The van der Waals surface area contributed by atoms with Gasteiger partial charge in [-0.1, -0.05) is 13.0 Å². The van der Waals surface area contributed by atoms with Gasteiger partial charge in [-0.2, -0.15) is 5.10 Å². The molecule has 0 radical (unpaired) electrons. The first kappa shape index (κ1) is 20.7. The third kappa shape index (κ3) is 5.28. The fourth-order valence-corrected chi connectivity index (χ4v) is 3.34. The fourth-order valence-electron chi connectivity index (χ4n) is 3.34. The van der Waals surface area contributed by atoms with Crippen LogP contribution in [0.3, 0.4) is 0 Å². The zero-order valence-electron chi connectivity index (χ0n) is 17.2. The summed E-state index contributed by atoms with van der Waals surface area (Å²) in [6.45, 7) is 4.27. The van der Waals surface area contributed by atoms with Gasteiger partial charge in [-0.3, -0.25) is 9.59 Å². The van der Waals surface area contributed by atoms with E-state index in [0.717, 1.165) is 37.3 Å². The molecule has 1 N–H and O–H groups in total. The number of aromatic nitrogens is 2. The van der Waals surface area contributed by atoms with Crippen molar-refractivity contribution >= 4 is 11.7 Å². The van der Waals surface area contributed by atoms with Crippen molar-refractivity contribution in [2.45, 2.75) is 32.9 Å². The van der Waals surface area contributed by atoms with E-state index in [-0.39, 0.29) is 18.0 Å². The third-order valence-corrected chi connectivity index (χ3v) is 5.19. The minimum atomic E-state index is -0.291. The van der Waals surface area contributed by atoms with Crippen LogP contribution in [0.2, 0.25) is 0 Å². The maximum Gasteiger partial charge on any atom is 0.267 e. The predicted octanol–water partition coefficient (Wildman–Crippen LogP) is 1.81. The lowest BCUT2D eigenvalue weighted by atomic mass is 9.99. The lowest BCUT2D eigenvalue weighted by molar-refractivity contribution is -0.122. The van der Waals surface area contributed by atoms with Crippen LogP contribution in [0.1, 0.15) is 25.3 Å². The van der Waals surface area contributed by atoms with E-state index in [9.17, 15) is 9.59 Å². The van der Waals surface area contributed by atoms with Gasteiger partial charge in [0.2, 0.25) is 5.91 Å². The number of benzene rings is 1. The van der Waals surface area contributed by atoms with Crippen LogP contribution in [0.5, 0.6) is 11.5 Å². The topological polar surface area (TPSA) is 85.7 Å². The van der Waals surface area contributed by atoms with E-state index in [1.807, 2.05) is 12.1 Å². The molecule has 2 heterocycles. The molecule has 0 aliphatic carbocycles. The minimum Gasteiger partial charge on any atom is -0.493 e. The number of nitrogens with zero attached hydrogens (tertiary/aromatic N) is 3. The molecule has 0 atom stereocenters.